The third-order valence-corrected chi connectivity index (χ3v) is 3.73. The first-order chi connectivity index (χ1) is 9.91. The second-order valence-corrected chi connectivity index (χ2v) is 5.18. The van der Waals surface area contributed by atoms with Crippen molar-refractivity contribution < 1.29 is 9.72 Å². The number of halogens is 1. The lowest BCUT2D eigenvalue weighted by Gasteiger charge is -2.13. The van der Waals surface area contributed by atoms with Crippen molar-refractivity contribution in [2.75, 3.05) is 0 Å². The zero-order chi connectivity index (χ0) is 15.6. The van der Waals surface area contributed by atoms with Crippen LogP contribution in [0.1, 0.15) is 29.1 Å². The average Bonchev–Trinajstić information content (AvgIpc) is 2.84. The van der Waals surface area contributed by atoms with Gasteiger partial charge >= 0.3 is 0 Å². The Bertz CT molecular complexity index is 700. The fraction of sp³-hybridized carbons (Fsp3) is 0.250. The molecule has 0 saturated heterocycles. The molecule has 1 atom stereocenters. The molecule has 2 rings (SSSR count). The number of nitrogens with one attached hydrogen (secondary N) is 1. The van der Waals surface area contributed by atoms with Gasteiger partial charge in [0.05, 0.1) is 16.5 Å². The Kier molecular flexibility index (Phi) is 4.32. The maximum absolute atomic E-state index is 12.2. The Morgan fingerprint density at radius 1 is 1.52 bits per heavy atom. The molecule has 1 N–H and O–H groups in total. The summed E-state index contributed by atoms with van der Waals surface area (Å²) in [6, 6.07) is 3.92. The first-order valence-corrected chi connectivity index (χ1v) is 6.78. The minimum atomic E-state index is -0.549. The number of aromatic nitrogens is 3. The molecule has 110 valence electrons. The second-order valence-electron chi connectivity index (χ2n) is 4.39. The van der Waals surface area contributed by atoms with E-state index in [1.54, 1.807) is 18.5 Å². The van der Waals surface area contributed by atoms with Gasteiger partial charge in [-0.3, -0.25) is 14.9 Å². The van der Waals surface area contributed by atoms with E-state index in [9.17, 15) is 14.9 Å². The molecule has 0 aliphatic carbocycles. The number of hydrogen-bond donors (Lipinski definition) is 1. The van der Waals surface area contributed by atoms with Crippen molar-refractivity contribution in [3.63, 3.8) is 0 Å². The Labute approximate surface area is 128 Å². The number of amides is 1. The highest BCUT2D eigenvalue weighted by Crippen LogP contribution is 2.28. The van der Waals surface area contributed by atoms with Gasteiger partial charge in [0.1, 0.15) is 10.8 Å². The topological polar surface area (TPSA) is 103 Å². The molecule has 0 bridgehead atoms. The number of nitro benzene ring substituents is 1. The van der Waals surface area contributed by atoms with Gasteiger partial charge in [-0.15, -0.1) is 10.2 Å². The molecule has 21 heavy (non-hydrogen) atoms. The van der Waals surface area contributed by atoms with Crippen LogP contribution in [0.25, 0.3) is 0 Å². The monoisotopic (exact) mass is 353 g/mol. The van der Waals surface area contributed by atoms with Gasteiger partial charge in [-0.1, -0.05) is 6.07 Å². The van der Waals surface area contributed by atoms with Crippen molar-refractivity contribution >= 4 is 27.5 Å². The van der Waals surface area contributed by atoms with Gasteiger partial charge in [0.25, 0.3) is 11.6 Å². The second kappa shape index (κ2) is 6.00. The molecular formula is C12H12BrN5O3. The first-order valence-electron chi connectivity index (χ1n) is 5.99. The van der Waals surface area contributed by atoms with Gasteiger partial charge in [-0.2, -0.15) is 0 Å². The van der Waals surface area contributed by atoms with Crippen molar-refractivity contribution in [2.45, 2.75) is 13.0 Å². The van der Waals surface area contributed by atoms with Crippen molar-refractivity contribution in [2.24, 2.45) is 7.05 Å². The standard InChI is InChI=1S/C12H12BrN5O3/c1-7(11-16-14-6-17(11)2)15-12(19)8-4-3-5-9(10(8)13)18(20)21/h3-7H,1-2H3,(H,15,19). The molecular weight excluding hydrogens is 342 g/mol. The van der Waals surface area contributed by atoms with Gasteiger partial charge in [0.15, 0.2) is 5.82 Å². The lowest BCUT2D eigenvalue weighted by Crippen LogP contribution is -2.28. The zero-order valence-corrected chi connectivity index (χ0v) is 12.9. The van der Waals surface area contributed by atoms with Crippen LogP contribution in [0.15, 0.2) is 29.0 Å². The molecule has 1 aromatic carbocycles. The van der Waals surface area contributed by atoms with E-state index in [0.717, 1.165) is 0 Å². The summed E-state index contributed by atoms with van der Waals surface area (Å²) < 4.78 is 1.84. The maximum Gasteiger partial charge on any atom is 0.284 e. The van der Waals surface area contributed by atoms with Gasteiger partial charge in [0.2, 0.25) is 0 Å². The Hall–Kier alpha value is -2.29. The molecule has 1 amide bonds. The average molecular weight is 354 g/mol. The third kappa shape index (κ3) is 3.07. The van der Waals surface area contributed by atoms with Crippen molar-refractivity contribution in [1.82, 2.24) is 20.1 Å². The molecule has 0 fully saturated rings. The van der Waals surface area contributed by atoms with Gasteiger partial charge in [-0.25, -0.2) is 0 Å². The van der Waals surface area contributed by atoms with Crippen LogP contribution in [0.4, 0.5) is 5.69 Å². The van der Waals surface area contributed by atoms with Gasteiger partial charge in [0, 0.05) is 13.1 Å². The summed E-state index contributed by atoms with van der Waals surface area (Å²) in [6.45, 7) is 1.76. The van der Waals surface area contributed by atoms with Crippen LogP contribution in [-0.2, 0) is 7.05 Å². The molecule has 0 radical (unpaired) electrons. The summed E-state index contributed by atoms with van der Waals surface area (Å²) in [5.41, 5.74) is 0.0344. The number of hydrogen-bond acceptors (Lipinski definition) is 5. The smallest absolute Gasteiger partial charge is 0.284 e. The fourth-order valence-electron chi connectivity index (χ4n) is 1.86. The maximum atomic E-state index is 12.2. The minimum absolute atomic E-state index is 0.151. The number of carbonyl (C=O) groups excluding carboxylic acids is 1. The van der Waals surface area contributed by atoms with Crippen LogP contribution >= 0.6 is 15.9 Å². The van der Waals surface area contributed by atoms with E-state index >= 15 is 0 Å². The molecule has 1 unspecified atom stereocenters. The van der Waals surface area contributed by atoms with Crippen LogP contribution in [-0.4, -0.2) is 25.6 Å². The van der Waals surface area contributed by atoms with Crippen LogP contribution in [0.2, 0.25) is 0 Å². The Morgan fingerprint density at radius 2 is 2.24 bits per heavy atom. The quantitative estimate of drug-likeness (QED) is 0.668. The van der Waals surface area contributed by atoms with E-state index < -0.39 is 10.8 Å². The number of rotatable bonds is 4. The number of benzene rings is 1. The molecule has 1 heterocycles. The molecule has 0 aliphatic rings. The number of nitro groups is 1. The predicted molar refractivity (Wildman–Crippen MR) is 77.7 cm³/mol. The number of nitrogens with zero attached hydrogens (tertiary/aromatic N) is 4. The van der Waals surface area contributed by atoms with Crippen molar-refractivity contribution in [3.8, 4) is 0 Å². The SMILES string of the molecule is CC(NC(=O)c1cccc([N+](=O)[O-])c1Br)c1nncn1C. The molecule has 1 aromatic heterocycles. The predicted octanol–water partition coefficient (Wildman–Crippen LogP) is 1.98. The lowest BCUT2D eigenvalue weighted by atomic mass is 10.1. The third-order valence-electron chi connectivity index (χ3n) is 2.90. The van der Waals surface area contributed by atoms with E-state index in [0.29, 0.717) is 5.82 Å². The van der Waals surface area contributed by atoms with E-state index in [1.165, 1.54) is 24.5 Å². The van der Waals surface area contributed by atoms with Gasteiger partial charge in [-0.05, 0) is 28.9 Å². The summed E-state index contributed by atoms with van der Waals surface area (Å²) in [6.07, 6.45) is 1.53. The number of carbonyl (C=O) groups is 1. The van der Waals surface area contributed by atoms with E-state index in [1.807, 2.05) is 0 Å². The molecule has 9 heteroatoms. The largest absolute Gasteiger partial charge is 0.342 e. The summed E-state index contributed by atoms with van der Waals surface area (Å²) >= 11 is 3.10. The molecule has 0 spiro atoms. The lowest BCUT2D eigenvalue weighted by molar-refractivity contribution is -0.385. The molecule has 8 nitrogen and oxygen atoms in total. The zero-order valence-electron chi connectivity index (χ0n) is 11.3. The highest BCUT2D eigenvalue weighted by atomic mass is 79.9. The summed E-state index contributed by atoms with van der Waals surface area (Å²) in [4.78, 5) is 22.6. The van der Waals surface area contributed by atoms with E-state index in [2.05, 4.69) is 31.4 Å². The molecule has 2 aromatic rings. The van der Waals surface area contributed by atoms with Crippen molar-refractivity contribution in [1.29, 1.82) is 0 Å². The minimum Gasteiger partial charge on any atom is -0.342 e. The van der Waals surface area contributed by atoms with E-state index in [-0.39, 0.29) is 21.8 Å². The number of aryl methyl sites for hydroxylation is 1. The fourth-order valence-corrected chi connectivity index (χ4v) is 2.45. The highest BCUT2D eigenvalue weighted by molar-refractivity contribution is 9.10. The summed E-state index contributed by atoms with van der Waals surface area (Å²) in [5.74, 6) is 0.158. The van der Waals surface area contributed by atoms with Crippen LogP contribution in [0, 0.1) is 10.1 Å². The van der Waals surface area contributed by atoms with Crippen molar-refractivity contribution in [3.05, 3.63) is 50.5 Å². The van der Waals surface area contributed by atoms with Crippen LogP contribution < -0.4 is 5.32 Å². The summed E-state index contributed by atoms with van der Waals surface area (Å²) in [7, 11) is 1.77. The first kappa shape index (κ1) is 15.1. The van der Waals surface area contributed by atoms with E-state index in [4.69, 9.17) is 0 Å². The van der Waals surface area contributed by atoms with Gasteiger partial charge < -0.3 is 9.88 Å². The Balaban J connectivity index is 2.23. The normalized spacial score (nSPS) is 12.0. The molecule has 0 saturated carbocycles. The van der Waals surface area contributed by atoms with Crippen LogP contribution in [0.5, 0.6) is 0 Å². The molecule has 0 aliphatic heterocycles. The highest BCUT2D eigenvalue weighted by Gasteiger charge is 2.21. The summed E-state index contributed by atoms with van der Waals surface area (Å²) in [5, 5.41) is 21.3. The Morgan fingerprint density at radius 3 is 2.81 bits per heavy atom. The van der Waals surface area contributed by atoms with Crippen LogP contribution in [0.3, 0.4) is 0 Å².